The zero-order chi connectivity index (χ0) is 6.97. The third-order valence-electron chi connectivity index (χ3n) is 2.60. The average Bonchev–Trinajstić information content (AvgIpc) is 2.70. The van der Waals surface area contributed by atoms with Gasteiger partial charge in [0.15, 0.2) is 0 Å². The Hall–Kier alpha value is -0.0800. The lowest BCUT2D eigenvalue weighted by Crippen LogP contribution is -2.32. The summed E-state index contributed by atoms with van der Waals surface area (Å²) >= 11 is 0. The molecule has 2 nitrogen and oxygen atoms in total. The molecule has 1 saturated carbocycles. The maximum absolute atomic E-state index is 3.45. The van der Waals surface area contributed by atoms with Crippen LogP contribution in [0.2, 0.25) is 0 Å². The predicted octanol–water partition coefficient (Wildman–Crippen LogP) is 0.995. The fourth-order valence-electron chi connectivity index (χ4n) is 1.59. The molecule has 10 heavy (non-hydrogen) atoms. The Balaban J connectivity index is 1.81. The molecule has 1 unspecified atom stereocenters. The van der Waals surface area contributed by atoms with Crippen LogP contribution in [-0.4, -0.2) is 24.1 Å². The molecule has 0 aromatic carbocycles. The molecule has 0 amide bonds. The summed E-state index contributed by atoms with van der Waals surface area (Å²) in [7, 11) is 0. The molecular weight excluding hydrogens is 124 g/mol. The van der Waals surface area contributed by atoms with Crippen LogP contribution in [0.15, 0.2) is 0 Å². The minimum absolute atomic E-state index is 0.900. The number of nitrogens with one attached hydrogen (secondary N) is 1. The van der Waals surface area contributed by atoms with E-state index in [0.29, 0.717) is 0 Å². The summed E-state index contributed by atoms with van der Waals surface area (Å²) in [5.74, 6) is 0.917. The maximum Gasteiger partial charge on any atom is 0.0244 e. The Bertz CT molecular complexity index is 120. The summed E-state index contributed by atoms with van der Waals surface area (Å²) in [6.45, 7) is 4.79. The largest absolute Gasteiger partial charge is 0.255 e. The van der Waals surface area contributed by atoms with Crippen molar-refractivity contribution in [2.75, 3.05) is 13.1 Å². The van der Waals surface area contributed by atoms with E-state index < -0.39 is 0 Å². The third kappa shape index (κ3) is 1.18. The SMILES string of the molecule is CCC1CNN(C2CC2)C1. The summed E-state index contributed by atoms with van der Waals surface area (Å²) in [6, 6.07) is 0.900. The zero-order valence-corrected chi connectivity index (χ0v) is 6.64. The van der Waals surface area contributed by atoms with Gasteiger partial charge in [-0.15, -0.1) is 0 Å². The molecule has 0 aromatic rings. The van der Waals surface area contributed by atoms with Gasteiger partial charge in [0.2, 0.25) is 0 Å². The van der Waals surface area contributed by atoms with Crippen molar-refractivity contribution in [3.05, 3.63) is 0 Å². The Morgan fingerprint density at radius 2 is 2.30 bits per heavy atom. The molecule has 2 heteroatoms. The van der Waals surface area contributed by atoms with E-state index >= 15 is 0 Å². The van der Waals surface area contributed by atoms with Gasteiger partial charge in [-0.05, 0) is 18.8 Å². The van der Waals surface area contributed by atoms with Crippen molar-refractivity contribution in [1.82, 2.24) is 10.4 Å². The number of hydrogen-bond acceptors (Lipinski definition) is 2. The van der Waals surface area contributed by atoms with Gasteiger partial charge >= 0.3 is 0 Å². The summed E-state index contributed by atoms with van der Waals surface area (Å²) < 4.78 is 0. The van der Waals surface area contributed by atoms with Crippen molar-refractivity contribution >= 4 is 0 Å². The van der Waals surface area contributed by atoms with Crippen LogP contribution >= 0.6 is 0 Å². The average molecular weight is 140 g/mol. The minimum atomic E-state index is 0.900. The van der Waals surface area contributed by atoms with E-state index in [1.165, 1.54) is 32.4 Å². The second-order valence-corrected chi connectivity index (χ2v) is 3.52. The molecule has 1 aliphatic carbocycles. The molecule has 0 radical (unpaired) electrons. The van der Waals surface area contributed by atoms with Crippen LogP contribution in [0, 0.1) is 5.92 Å². The highest BCUT2D eigenvalue weighted by Gasteiger charge is 2.33. The molecule has 2 fully saturated rings. The summed E-state index contributed by atoms with van der Waals surface area (Å²) in [5, 5.41) is 2.44. The smallest absolute Gasteiger partial charge is 0.0244 e. The summed E-state index contributed by atoms with van der Waals surface area (Å²) in [5.41, 5.74) is 3.45. The second-order valence-electron chi connectivity index (χ2n) is 3.52. The number of nitrogens with zero attached hydrogens (tertiary/aromatic N) is 1. The van der Waals surface area contributed by atoms with Crippen LogP contribution in [0.5, 0.6) is 0 Å². The van der Waals surface area contributed by atoms with E-state index in [-0.39, 0.29) is 0 Å². The van der Waals surface area contributed by atoms with Gasteiger partial charge in [-0.1, -0.05) is 13.3 Å². The first-order chi connectivity index (χ1) is 4.90. The fourth-order valence-corrected chi connectivity index (χ4v) is 1.59. The van der Waals surface area contributed by atoms with Gasteiger partial charge in [-0.25, -0.2) is 5.01 Å². The highest BCUT2D eigenvalue weighted by Crippen LogP contribution is 2.28. The van der Waals surface area contributed by atoms with Crippen molar-refractivity contribution in [1.29, 1.82) is 0 Å². The number of hydrazine groups is 1. The van der Waals surface area contributed by atoms with Crippen LogP contribution in [0.1, 0.15) is 26.2 Å². The zero-order valence-electron chi connectivity index (χ0n) is 6.64. The lowest BCUT2D eigenvalue weighted by atomic mass is 10.1. The predicted molar refractivity (Wildman–Crippen MR) is 41.5 cm³/mol. The standard InChI is InChI=1S/C8H16N2/c1-2-7-5-9-10(6-7)8-3-4-8/h7-9H,2-6H2,1H3. The van der Waals surface area contributed by atoms with E-state index in [2.05, 4.69) is 17.4 Å². The van der Waals surface area contributed by atoms with Crippen LogP contribution in [0.3, 0.4) is 0 Å². The molecule has 0 bridgehead atoms. The Kier molecular flexibility index (Phi) is 1.66. The first-order valence-electron chi connectivity index (χ1n) is 4.40. The molecule has 1 atom stereocenters. The van der Waals surface area contributed by atoms with Crippen molar-refractivity contribution in [2.24, 2.45) is 5.92 Å². The van der Waals surface area contributed by atoms with Crippen LogP contribution in [0.25, 0.3) is 0 Å². The van der Waals surface area contributed by atoms with Crippen molar-refractivity contribution in [3.63, 3.8) is 0 Å². The van der Waals surface area contributed by atoms with Crippen molar-refractivity contribution in [3.8, 4) is 0 Å². The molecule has 1 aliphatic heterocycles. The minimum Gasteiger partial charge on any atom is -0.255 e. The first-order valence-corrected chi connectivity index (χ1v) is 4.40. The van der Waals surface area contributed by atoms with Crippen molar-refractivity contribution < 1.29 is 0 Å². The normalized spacial score (nSPS) is 35.1. The van der Waals surface area contributed by atoms with E-state index in [1.807, 2.05) is 0 Å². The monoisotopic (exact) mass is 140 g/mol. The van der Waals surface area contributed by atoms with Gasteiger partial charge in [0, 0.05) is 19.1 Å². The fraction of sp³-hybridized carbons (Fsp3) is 1.00. The van der Waals surface area contributed by atoms with E-state index in [9.17, 15) is 0 Å². The first kappa shape index (κ1) is 6.62. The lowest BCUT2D eigenvalue weighted by Gasteiger charge is -2.13. The van der Waals surface area contributed by atoms with Gasteiger partial charge in [-0.2, -0.15) is 0 Å². The van der Waals surface area contributed by atoms with Crippen LogP contribution in [0.4, 0.5) is 0 Å². The van der Waals surface area contributed by atoms with Gasteiger partial charge in [0.05, 0.1) is 0 Å². The van der Waals surface area contributed by atoms with Crippen LogP contribution < -0.4 is 5.43 Å². The quantitative estimate of drug-likeness (QED) is 0.615. The molecule has 2 rings (SSSR count). The van der Waals surface area contributed by atoms with Crippen molar-refractivity contribution in [2.45, 2.75) is 32.2 Å². The van der Waals surface area contributed by atoms with Gasteiger partial charge in [0.1, 0.15) is 0 Å². The Morgan fingerprint density at radius 1 is 1.50 bits per heavy atom. The van der Waals surface area contributed by atoms with E-state index in [1.54, 1.807) is 0 Å². The molecule has 0 spiro atoms. The van der Waals surface area contributed by atoms with Gasteiger partial charge < -0.3 is 0 Å². The molecule has 0 aromatic heterocycles. The second kappa shape index (κ2) is 2.51. The Morgan fingerprint density at radius 3 is 2.80 bits per heavy atom. The molecule has 1 N–H and O–H groups in total. The highest BCUT2D eigenvalue weighted by molar-refractivity contribution is 4.86. The molecule has 2 aliphatic rings. The topological polar surface area (TPSA) is 15.3 Å². The van der Waals surface area contributed by atoms with E-state index in [4.69, 9.17) is 0 Å². The van der Waals surface area contributed by atoms with Gasteiger partial charge in [0.25, 0.3) is 0 Å². The lowest BCUT2D eigenvalue weighted by molar-refractivity contribution is 0.237. The van der Waals surface area contributed by atoms with Gasteiger partial charge in [-0.3, -0.25) is 5.43 Å². The molecule has 1 saturated heterocycles. The number of rotatable bonds is 2. The Labute approximate surface area is 62.6 Å². The summed E-state index contributed by atoms with van der Waals surface area (Å²) in [6.07, 6.45) is 4.17. The highest BCUT2D eigenvalue weighted by atomic mass is 15.6. The molecular formula is C8H16N2. The van der Waals surface area contributed by atoms with E-state index in [0.717, 1.165) is 12.0 Å². The third-order valence-corrected chi connectivity index (χ3v) is 2.60. The van der Waals surface area contributed by atoms with Crippen LogP contribution in [-0.2, 0) is 0 Å². The molecule has 58 valence electrons. The summed E-state index contributed by atoms with van der Waals surface area (Å²) in [4.78, 5) is 0. The maximum atomic E-state index is 3.45. The number of hydrogen-bond donors (Lipinski definition) is 1. The molecule has 1 heterocycles.